The van der Waals surface area contributed by atoms with Crippen LogP contribution in [0.2, 0.25) is 5.02 Å². The molecule has 0 heterocycles. The Bertz CT molecular complexity index is 506. The van der Waals surface area contributed by atoms with Gasteiger partial charge >= 0.3 is 0 Å². The van der Waals surface area contributed by atoms with Crippen molar-refractivity contribution in [3.05, 3.63) is 38.9 Å². The van der Waals surface area contributed by atoms with Crippen LogP contribution in [0.4, 0.5) is 5.69 Å². The number of amides is 1. The van der Waals surface area contributed by atoms with E-state index in [1.165, 1.54) is 18.2 Å². The smallest absolute Gasteiger partial charge is 0.269 e. The highest BCUT2D eigenvalue weighted by Crippen LogP contribution is 2.21. The van der Waals surface area contributed by atoms with Crippen LogP contribution in [0.1, 0.15) is 25.8 Å². The number of rotatable bonds is 8. The topological polar surface area (TPSA) is 84.3 Å². The fraction of sp³-hybridized carbons (Fsp3) is 0.500. The van der Waals surface area contributed by atoms with E-state index in [1.807, 2.05) is 13.8 Å². The Morgan fingerprint density at radius 2 is 2.14 bits per heavy atom. The van der Waals surface area contributed by atoms with Crippen molar-refractivity contribution in [2.45, 2.75) is 26.8 Å². The van der Waals surface area contributed by atoms with Gasteiger partial charge < -0.3 is 10.6 Å². The van der Waals surface area contributed by atoms with Crippen molar-refractivity contribution in [1.82, 2.24) is 10.6 Å². The number of hydrogen-bond donors (Lipinski definition) is 2. The van der Waals surface area contributed by atoms with Gasteiger partial charge in [-0.25, -0.2) is 0 Å². The first-order valence-electron chi connectivity index (χ1n) is 6.80. The van der Waals surface area contributed by atoms with Crippen LogP contribution in [0.15, 0.2) is 18.2 Å². The second-order valence-electron chi connectivity index (χ2n) is 5.16. The largest absolute Gasteiger partial charge is 0.356 e. The number of nitro benzene ring substituents is 1. The molecule has 0 saturated carbocycles. The number of nitrogens with one attached hydrogen (secondary N) is 2. The van der Waals surface area contributed by atoms with Crippen molar-refractivity contribution in [1.29, 1.82) is 0 Å². The Morgan fingerprint density at radius 1 is 1.43 bits per heavy atom. The van der Waals surface area contributed by atoms with E-state index in [9.17, 15) is 14.9 Å². The molecule has 21 heavy (non-hydrogen) atoms. The van der Waals surface area contributed by atoms with Crippen molar-refractivity contribution in [3.8, 4) is 0 Å². The Balaban J connectivity index is 2.37. The van der Waals surface area contributed by atoms with Gasteiger partial charge in [-0.15, -0.1) is 0 Å². The third-order valence-corrected chi connectivity index (χ3v) is 3.16. The van der Waals surface area contributed by atoms with Crippen molar-refractivity contribution in [2.75, 3.05) is 13.1 Å². The van der Waals surface area contributed by atoms with Crippen LogP contribution in [-0.4, -0.2) is 23.9 Å². The minimum atomic E-state index is -0.459. The molecule has 0 fully saturated rings. The molecule has 1 aromatic carbocycles. The molecule has 0 saturated heterocycles. The Labute approximate surface area is 129 Å². The maximum Gasteiger partial charge on any atom is 0.269 e. The molecule has 0 aliphatic heterocycles. The molecule has 7 heteroatoms. The number of benzene rings is 1. The molecule has 1 aromatic rings. The highest BCUT2D eigenvalue weighted by molar-refractivity contribution is 6.31. The lowest BCUT2D eigenvalue weighted by Gasteiger charge is -2.09. The maximum atomic E-state index is 11.5. The molecule has 0 unspecified atom stereocenters. The predicted octanol–water partition coefficient (Wildman–Crippen LogP) is 2.50. The zero-order chi connectivity index (χ0) is 15.8. The maximum absolute atomic E-state index is 11.5. The standard InChI is InChI=1S/C14H20ClN3O3/c1-10(2)8-17-14(19)5-6-16-9-11-7-12(18(20)21)3-4-13(11)15/h3-4,7,10,16H,5-6,8-9H2,1-2H3,(H,17,19). The molecule has 1 amide bonds. The summed E-state index contributed by atoms with van der Waals surface area (Å²) in [5.41, 5.74) is 0.652. The summed E-state index contributed by atoms with van der Waals surface area (Å²) in [7, 11) is 0. The third kappa shape index (κ3) is 6.55. The molecule has 6 nitrogen and oxygen atoms in total. The first-order valence-corrected chi connectivity index (χ1v) is 7.18. The summed E-state index contributed by atoms with van der Waals surface area (Å²) in [5.74, 6) is 0.409. The highest BCUT2D eigenvalue weighted by Gasteiger charge is 2.09. The molecule has 0 spiro atoms. The summed E-state index contributed by atoms with van der Waals surface area (Å²) in [6.07, 6.45) is 0.360. The molecule has 0 radical (unpaired) electrons. The van der Waals surface area contributed by atoms with E-state index in [2.05, 4.69) is 10.6 Å². The van der Waals surface area contributed by atoms with Crippen LogP contribution in [-0.2, 0) is 11.3 Å². The molecule has 1 rings (SSSR count). The molecule has 0 atom stereocenters. The molecule has 0 aromatic heterocycles. The summed E-state index contributed by atoms with van der Waals surface area (Å²) in [5, 5.41) is 17.1. The molecule has 116 valence electrons. The van der Waals surface area contributed by atoms with Crippen molar-refractivity contribution >= 4 is 23.2 Å². The van der Waals surface area contributed by atoms with Crippen LogP contribution < -0.4 is 10.6 Å². The average Bonchev–Trinajstić information content (AvgIpc) is 2.42. The lowest BCUT2D eigenvalue weighted by Crippen LogP contribution is -2.30. The summed E-state index contributed by atoms with van der Waals surface area (Å²) in [6.45, 7) is 5.60. The number of carbonyl (C=O) groups excluding carboxylic acids is 1. The van der Waals surface area contributed by atoms with Crippen molar-refractivity contribution in [2.24, 2.45) is 5.92 Å². The van der Waals surface area contributed by atoms with Crippen LogP contribution in [0, 0.1) is 16.0 Å². The van der Waals surface area contributed by atoms with Crippen LogP contribution >= 0.6 is 11.6 Å². The number of nitrogens with zero attached hydrogens (tertiary/aromatic N) is 1. The molecule has 2 N–H and O–H groups in total. The Morgan fingerprint density at radius 3 is 2.76 bits per heavy atom. The average molecular weight is 314 g/mol. The zero-order valence-corrected chi connectivity index (χ0v) is 12.9. The van der Waals surface area contributed by atoms with E-state index in [-0.39, 0.29) is 11.6 Å². The Hall–Kier alpha value is -1.66. The van der Waals surface area contributed by atoms with E-state index in [0.717, 1.165) is 0 Å². The summed E-state index contributed by atoms with van der Waals surface area (Å²) >= 11 is 5.99. The fourth-order valence-corrected chi connectivity index (χ4v) is 1.83. The van der Waals surface area contributed by atoms with Crippen molar-refractivity contribution in [3.63, 3.8) is 0 Å². The summed E-state index contributed by atoms with van der Waals surface area (Å²) in [4.78, 5) is 21.7. The first-order chi connectivity index (χ1) is 9.90. The predicted molar refractivity (Wildman–Crippen MR) is 82.3 cm³/mol. The minimum Gasteiger partial charge on any atom is -0.356 e. The fourth-order valence-electron chi connectivity index (χ4n) is 1.64. The van der Waals surface area contributed by atoms with Gasteiger partial charge in [-0.1, -0.05) is 25.4 Å². The number of non-ortho nitro benzene ring substituents is 1. The lowest BCUT2D eigenvalue weighted by molar-refractivity contribution is -0.384. The number of halogens is 1. The van der Waals surface area contributed by atoms with Gasteiger partial charge in [-0.05, 0) is 17.5 Å². The molecule has 0 aliphatic rings. The van der Waals surface area contributed by atoms with E-state index < -0.39 is 4.92 Å². The molecular weight excluding hydrogens is 294 g/mol. The van der Waals surface area contributed by atoms with Gasteiger partial charge in [-0.2, -0.15) is 0 Å². The van der Waals surface area contributed by atoms with E-state index >= 15 is 0 Å². The number of hydrogen-bond acceptors (Lipinski definition) is 4. The third-order valence-electron chi connectivity index (χ3n) is 2.79. The van der Waals surface area contributed by atoms with Gasteiger partial charge in [0.15, 0.2) is 0 Å². The van der Waals surface area contributed by atoms with E-state index in [4.69, 9.17) is 11.6 Å². The quantitative estimate of drug-likeness (QED) is 0.439. The van der Waals surface area contributed by atoms with Crippen LogP contribution in [0.3, 0.4) is 0 Å². The highest BCUT2D eigenvalue weighted by atomic mass is 35.5. The first kappa shape index (κ1) is 17.4. The van der Waals surface area contributed by atoms with Crippen molar-refractivity contribution < 1.29 is 9.72 Å². The number of nitro groups is 1. The summed E-state index contributed by atoms with van der Waals surface area (Å²) < 4.78 is 0. The van der Waals surface area contributed by atoms with Gasteiger partial charge in [-0.3, -0.25) is 14.9 Å². The molecule has 0 bridgehead atoms. The molecule has 0 aliphatic carbocycles. The monoisotopic (exact) mass is 313 g/mol. The van der Waals surface area contributed by atoms with Gasteiger partial charge in [0.2, 0.25) is 5.91 Å². The SMILES string of the molecule is CC(C)CNC(=O)CCNCc1cc([N+](=O)[O-])ccc1Cl. The molecular formula is C14H20ClN3O3. The second-order valence-corrected chi connectivity index (χ2v) is 5.56. The minimum absolute atomic E-state index is 0.00544. The van der Waals surface area contributed by atoms with Gasteiger partial charge in [0.1, 0.15) is 0 Å². The zero-order valence-electron chi connectivity index (χ0n) is 12.2. The number of carbonyl (C=O) groups is 1. The second kappa shape index (κ2) is 8.59. The Kier molecular flexibility index (Phi) is 7.11. The summed E-state index contributed by atoms with van der Waals surface area (Å²) in [6, 6.07) is 4.31. The normalized spacial score (nSPS) is 10.7. The van der Waals surface area contributed by atoms with Gasteiger partial charge in [0.25, 0.3) is 5.69 Å². The van der Waals surface area contributed by atoms with Gasteiger partial charge in [0.05, 0.1) is 4.92 Å². The van der Waals surface area contributed by atoms with E-state index in [1.54, 1.807) is 0 Å². The van der Waals surface area contributed by atoms with Crippen LogP contribution in [0.25, 0.3) is 0 Å². The van der Waals surface area contributed by atoms with Crippen LogP contribution in [0.5, 0.6) is 0 Å². The lowest BCUT2D eigenvalue weighted by atomic mass is 10.2. The van der Waals surface area contributed by atoms with Gasteiger partial charge in [0, 0.05) is 43.2 Å². The van der Waals surface area contributed by atoms with E-state index in [0.29, 0.717) is 42.6 Å².